The monoisotopic (exact) mass is 316 g/mol. The molecule has 0 unspecified atom stereocenters. The highest BCUT2D eigenvalue weighted by Gasteiger charge is 2.11. The van der Waals surface area contributed by atoms with Gasteiger partial charge in [-0.25, -0.2) is 4.79 Å². The fraction of sp³-hybridized carbons (Fsp3) is 0. The number of aliphatic imine (C=N–C) groups is 1. The molecule has 0 saturated heterocycles. The zero-order chi connectivity index (χ0) is 16.5. The van der Waals surface area contributed by atoms with Crippen molar-refractivity contribution in [2.24, 2.45) is 4.99 Å². The third kappa shape index (κ3) is 2.32. The van der Waals surface area contributed by atoms with Crippen molar-refractivity contribution in [1.82, 2.24) is 4.98 Å². The SMILES string of the molecule is O=c1oc2ccccc2c(O)c1C=Nc1cccc2ncccc12. The molecule has 116 valence electrons. The molecular weight excluding hydrogens is 304 g/mol. The zero-order valence-electron chi connectivity index (χ0n) is 12.5. The van der Waals surface area contributed by atoms with Crippen LogP contribution in [0.5, 0.6) is 5.75 Å². The van der Waals surface area contributed by atoms with Crippen LogP contribution < -0.4 is 5.63 Å². The number of para-hydroxylation sites is 1. The molecule has 24 heavy (non-hydrogen) atoms. The van der Waals surface area contributed by atoms with Gasteiger partial charge >= 0.3 is 5.63 Å². The Morgan fingerprint density at radius 2 is 1.83 bits per heavy atom. The Kier molecular flexibility index (Phi) is 3.31. The molecule has 2 aromatic carbocycles. The first-order valence-electron chi connectivity index (χ1n) is 7.36. The molecule has 0 fully saturated rings. The number of hydrogen-bond acceptors (Lipinski definition) is 5. The molecule has 0 saturated carbocycles. The van der Waals surface area contributed by atoms with E-state index in [9.17, 15) is 9.90 Å². The highest BCUT2D eigenvalue weighted by molar-refractivity contribution is 5.97. The molecule has 4 aromatic rings. The van der Waals surface area contributed by atoms with Crippen molar-refractivity contribution in [3.05, 3.63) is 76.8 Å². The molecule has 1 N–H and O–H groups in total. The van der Waals surface area contributed by atoms with Gasteiger partial charge in [0, 0.05) is 17.8 Å². The second-order valence-electron chi connectivity index (χ2n) is 5.25. The first-order valence-corrected chi connectivity index (χ1v) is 7.36. The molecule has 4 rings (SSSR count). The van der Waals surface area contributed by atoms with E-state index in [4.69, 9.17) is 4.42 Å². The molecule has 0 radical (unpaired) electrons. The van der Waals surface area contributed by atoms with Gasteiger partial charge in [0.2, 0.25) is 0 Å². The summed E-state index contributed by atoms with van der Waals surface area (Å²) in [5, 5.41) is 11.7. The molecule has 0 aliphatic rings. The quantitative estimate of drug-likeness (QED) is 0.451. The maximum atomic E-state index is 12.1. The smallest absolute Gasteiger partial charge is 0.348 e. The summed E-state index contributed by atoms with van der Waals surface area (Å²) in [7, 11) is 0. The number of nitrogens with zero attached hydrogens (tertiary/aromatic N) is 2. The van der Waals surface area contributed by atoms with E-state index in [0.717, 1.165) is 10.9 Å². The Bertz CT molecular complexity index is 1140. The van der Waals surface area contributed by atoms with Gasteiger partial charge in [-0.15, -0.1) is 0 Å². The second-order valence-corrected chi connectivity index (χ2v) is 5.25. The van der Waals surface area contributed by atoms with Gasteiger partial charge in [-0.2, -0.15) is 0 Å². The number of hydrogen-bond donors (Lipinski definition) is 1. The van der Waals surface area contributed by atoms with Crippen molar-refractivity contribution in [3.63, 3.8) is 0 Å². The predicted octanol–water partition coefficient (Wildman–Crippen LogP) is 3.80. The largest absolute Gasteiger partial charge is 0.506 e. The fourth-order valence-corrected chi connectivity index (χ4v) is 2.60. The average molecular weight is 316 g/mol. The van der Waals surface area contributed by atoms with Gasteiger partial charge in [0.05, 0.1) is 16.6 Å². The van der Waals surface area contributed by atoms with Crippen LogP contribution >= 0.6 is 0 Å². The van der Waals surface area contributed by atoms with Gasteiger partial charge in [-0.1, -0.05) is 18.2 Å². The van der Waals surface area contributed by atoms with Crippen LogP contribution in [0.1, 0.15) is 5.56 Å². The van der Waals surface area contributed by atoms with Crippen LogP contribution in [0.3, 0.4) is 0 Å². The minimum atomic E-state index is -0.631. The van der Waals surface area contributed by atoms with Crippen LogP contribution in [-0.4, -0.2) is 16.3 Å². The second kappa shape index (κ2) is 5.62. The van der Waals surface area contributed by atoms with Crippen molar-refractivity contribution < 1.29 is 9.52 Å². The molecule has 2 aromatic heterocycles. The number of benzene rings is 2. The van der Waals surface area contributed by atoms with Gasteiger partial charge in [0.15, 0.2) is 0 Å². The zero-order valence-corrected chi connectivity index (χ0v) is 12.5. The summed E-state index contributed by atoms with van der Waals surface area (Å²) in [6, 6.07) is 16.1. The summed E-state index contributed by atoms with van der Waals surface area (Å²) in [6.45, 7) is 0. The summed E-state index contributed by atoms with van der Waals surface area (Å²) in [6.07, 6.45) is 3.04. The lowest BCUT2D eigenvalue weighted by Crippen LogP contribution is -2.06. The minimum absolute atomic E-state index is 0.0228. The highest BCUT2D eigenvalue weighted by atomic mass is 16.4. The lowest BCUT2D eigenvalue weighted by atomic mass is 10.1. The minimum Gasteiger partial charge on any atom is -0.506 e. The molecule has 0 aliphatic heterocycles. The van der Waals surface area contributed by atoms with E-state index in [1.807, 2.05) is 30.3 Å². The van der Waals surface area contributed by atoms with Crippen LogP contribution in [0.15, 0.2) is 75.0 Å². The van der Waals surface area contributed by atoms with Crippen LogP contribution in [0.2, 0.25) is 0 Å². The van der Waals surface area contributed by atoms with E-state index in [1.165, 1.54) is 6.21 Å². The molecule has 0 amide bonds. The van der Waals surface area contributed by atoms with Crippen molar-refractivity contribution in [2.45, 2.75) is 0 Å². The van der Waals surface area contributed by atoms with E-state index < -0.39 is 5.63 Å². The van der Waals surface area contributed by atoms with Crippen molar-refractivity contribution in [2.75, 3.05) is 0 Å². The Labute approximate surface area is 136 Å². The Morgan fingerprint density at radius 1 is 1.00 bits per heavy atom. The Morgan fingerprint density at radius 3 is 2.75 bits per heavy atom. The maximum absolute atomic E-state index is 12.1. The standard InChI is InChI=1S/C19H12N2O3/c22-18-13-5-1-2-9-17(13)24-19(23)14(18)11-21-16-8-3-7-15-12(16)6-4-10-20-15/h1-11,22H. The van der Waals surface area contributed by atoms with Gasteiger partial charge < -0.3 is 9.52 Å². The van der Waals surface area contributed by atoms with Gasteiger partial charge in [-0.05, 0) is 36.4 Å². The lowest BCUT2D eigenvalue weighted by molar-refractivity contribution is 0.466. The normalized spacial score (nSPS) is 11.5. The first-order chi connectivity index (χ1) is 11.7. The molecule has 0 atom stereocenters. The molecule has 0 aliphatic carbocycles. The summed E-state index contributed by atoms with van der Waals surface area (Å²) in [5.41, 5.74) is 1.20. The topological polar surface area (TPSA) is 75.7 Å². The molecule has 5 heteroatoms. The number of fused-ring (bicyclic) bond motifs is 2. The van der Waals surface area contributed by atoms with Crippen molar-refractivity contribution >= 4 is 33.8 Å². The molecule has 5 nitrogen and oxygen atoms in total. The molecule has 2 heterocycles. The van der Waals surface area contributed by atoms with Crippen molar-refractivity contribution in [1.29, 1.82) is 0 Å². The Hall–Kier alpha value is -3.47. The van der Waals surface area contributed by atoms with E-state index in [2.05, 4.69) is 9.98 Å². The fourth-order valence-electron chi connectivity index (χ4n) is 2.60. The summed E-state index contributed by atoms with van der Waals surface area (Å²) in [4.78, 5) is 20.7. The number of rotatable bonds is 2. The summed E-state index contributed by atoms with van der Waals surface area (Å²) >= 11 is 0. The van der Waals surface area contributed by atoms with E-state index in [0.29, 0.717) is 16.7 Å². The van der Waals surface area contributed by atoms with Crippen molar-refractivity contribution in [3.8, 4) is 5.75 Å². The first kappa shape index (κ1) is 14.1. The van der Waals surface area contributed by atoms with E-state index in [1.54, 1.807) is 30.5 Å². The van der Waals surface area contributed by atoms with Gasteiger partial charge in [-0.3, -0.25) is 9.98 Å². The highest BCUT2D eigenvalue weighted by Crippen LogP contribution is 2.27. The van der Waals surface area contributed by atoms with Gasteiger partial charge in [0.25, 0.3) is 0 Å². The third-order valence-electron chi connectivity index (χ3n) is 3.78. The number of pyridine rings is 1. The van der Waals surface area contributed by atoms with Crippen LogP contribution in [0.4, 0.5) is 5.69 Å². The Balaban J connectivity index is 1.87. The third-order valence-corrected chi connectivity index (χ3v) is 3.78. The maximum Gasteiger partial charge on any atom is 0.348 e. The van der Waals surface area contributed by atoms with E-state index >= 15 is 0 Å². The van der Waals surface area contributed by atoms with Crippen LogP contribution in [0.25, 0.3) is 21.9 Å². The van der Waals surface area contributed by atoms with Gasteiger partial charge in [0.1, 0.15) is 16.9 Å². The predicted molar refractivity (Wildman–Crippen MR) is 93.1 cm³/mol. The number of aromatic hydroxyl groups is 1. The van der Waals surface area contributed by atoms with Crippen LogP contribution in [-0.2, 0) is 0 Å². The summed E-state index contributed by atoms with van der Waals surface area (Å²) < 4.78 is 5.23. The van der Waals surface area contributed by atoms with Crippen LogP contribution in [0, 0.1) is 0 Å². The average Bonchev–Trinajstić information content (AvgIpc) is 2.61. The number of aromatic nitrogens is 1. The molecule has 0 spiro atoms. The molecule has 0 bridgehead atoms. The molecular formula is C19H12N2O3. The lowest BCUT2D eigenvalue weighted by Gasteiger charge is -2.03. The van der Waals surface area contributed by atoms with E-state index in [-0.39, 0.29) is 11.3 Å². The summed E-state index contributed by atoms with van der Waals surface area (Å²) in [5.74, 6) is -0.135.